The Morgan fingerprint density at radius 3 is 2.89 bits per heavy atom. The van der Waals surface area contributed by atoms with Crippen LogP contribution >= 0.6 is 11.3 Å². The number of carbonyl (C=O) groups excluding carboxylic acids is 1. The smallest absolute Gasteiger partial charge is 0.265 e. The van der Waals surface area contributed by atoms with Gasteiger partial charge in [0.15, 0.2) is 5.13 Å². The molecule has 1 aliphatic rings. The molecule has 0 aliphatic heterocycles. The van der Waals surface area contributed by atoms with Crippen molar-refractivity contribution in [2.75, 3.05) is 24.6 Å². The Hall–Kier alpha value is -1.30. The monoisotopic (exact) mass is 268 g/mol. The van der Waals surface area contributed by atoms with Crippen molar-refractivity contribution in [1.82, 2.24) is 10.3 Å². The van der Waals surface area contributed by atoms with Gasteiger partial charge >= 0.3 is 0 Å². The lowest BCUT2D eigenvalue weighted by Crippen LogP contribution is -2.28. The number of nitrogens with zero attached hydrogens (tertiary/aromatic N) is 1. The molecule has 2 unspecified atom stereocenters. The van der Waals surface area contributed by atoms with Gasteiger partial charge < -0.3 is 16.4 Å². The lowest BCUT2D eigenvalue weighted by Gasteiger charge is -2.10. The first-order chi connectivity index (χ1) is 8.60. The van der Waals surface area contributed by atoms with Crippen LogP contribution in [0.5, 0.6) is 0 Å². The van der Waals surface area contributed by atoms with E-state index < -0.39 is 0 Å². The van der Waals surface area contributed by atoms with Crippen molar-refractivity contribution in [3.63, 3.8) is 0 Å². The number of carbonyl (C=O) groups is 1. The number of nitrogens with one attached hydrogen (secondary N) is 2. The Labute approximate surface area is 111 Å². The molecule has 1 fully saturated rings. The van der Waals surface area contributed by atoms with E-state index in [1.807, 2.05) is 0 Å². The number of amides is 1. The van der Waals surface area contributed by atoms with Crippen molar-refractivity contribution in [3.8, 4) is 0 Å². The van der Waals surface area contributed by atoms with E-state index in [4.69, 9.17) is 5.73 Å². The van der Waals surface area contributed by atoms with E-state index in [9.17, 15) is 4.79 Å². The molecule has 0 aromatic carbocycles. The Bertz CT molecular complexity index is 432. The number of nitrogens with two attached hydrogens (primary N) is 1. The minimum atomic E-state index is -0.106. The van der Waals surface area contributed by atoms with Crippen molar-refractivity contribution in [2.45, 2.75) is 26.2 Å². The van der Waals surface area contributed by atoms with Gasteiger partial charge in [0, 0.05) is 13.6 Å². The first-order valence-corrected chi connectivity index (χ1v) is 7.14. The van der Waals surface area contributed by atoms with E-state index in [0.29, 0.717) is 21.7 Å². The van der Waals surface area contributed by atoms with Gasteiger partial charge in [-0.15, -0.1) is 0 Å². The lowest BCUT2D eigenvalue weighted by atomic mass is 10.1. The Balaban J connectivity index is 1.89. The van der Waals surface area contributed by atoms with Crippen LogP contribution in [0.25, 0.3) is 0 Å². The molecular weight excluding hydrogens is 248 g/mol. The molecule has 1 saturated carbocycles. The van der Waals surface area contributed by atoms with Gasteiger partial charge in [-0.05, 0) is 24.7 Å². The number of hydrogen-bond donors (Lipinski definition) is 3. The zero-order chi connectivity index (χ0) is 13.1. The van der Waals surface area contributed by atoms with E-state index >= 15 is 0 Å². The predicted molar refractivity (Wildman–Crippen MR) is 74.9 cm³/mol. The summed E-state index contributed by atoms with van der Waals surface area (Å²) in [5.41, 5.74) is 5.72. The van der Waals surface area contributed by atoms with Crippen LogP contribution < -0.4 is 16.4 Å². The van der Waals surface area contributed by atoms with Gasteiger partial charge in [-0.3, -0.25) is 4.79 Å². The van der Waals surface area contributed by atoms with Crippen LogP contribution in [0.2, 0.25) is 0 Å². The summed E-state index contributed by atoms with van der Waals surface area (Å²) in [6, 6.07) is 0. The van der Waals surface area contributed by atoms with Gasteiger partial charge in [-0.2, -0.15) is 0 Å². The lowest BCUT2D eigenvalue weighted by molar-refractivity contribution is 0.0952. The number of nitrogen functional groups attached to an aromatic ring is 1. The van der Waals surface area contributed by atoms with Gasteiger partial charge in [-0.25, -0.2) is 4.98 Å². The van der Waals surface area contributed by atoms with Gasteiger partial charge in [-0.1, -0.05) is 24.7 Å². The fourth-order valence-corrected chi connectivity index (χ4v) is 3.18. The topological polar surface area (TPSA) is 80.0 Å². The molecule has 2 rings (SSSR count). The second-order valence-corrected chi connectivity index (χ2v) is 5.98. The highest BCUT2D eigenvalue weighted by molar-refractivity contribution is 7.18. The zero-order valence-corrected chi connectivity index (χ0v) is 11.6. The summed E-state index contributed by atoms with van der Waals surface area (Å²) in [6.07, 6.45) is 3.69. The fraction of sp³-hybridized carbons (Fsp3) is 0.667. The summed E-state index contributed by atoms with van der Waals surface area (Å²) in [6.45, 7) is 3.01. The molecule has 1 aromatic rings. The van der Waals surface area contributed by atoms with Crippen LogP contribution in [0, 0.1) is 11.8 Å². The average Bonchev–Trinajstić information content (AvgIpc) is 2.92. The molecule has 1 aromatic heterocycles. The number of aromatic nitrogens is 1. The predicted octanol–water partition coefficient (Wildman–Crippen LogP) is 1.93. The molecule has 1 heterocycles. The standard InChI is InChI=1S/C12H20N4OS/c1-7-3-4-8(5-7)6-15-11(17)9-10(13)16-12(14-2)18-9/h7-8H,3-6,13H2,1-2H3,(H,14,16)(H,15,17). The van der Waals surface area contributed by atoms with E-state index in [1.54, 1.807) is 7.05 Å². The van der Waals surface area contributed by atoms with Crippen molar-refractivity contribution in [1.29, 1.82) is 0 Å². The Morgan fingerprint density at radius 2 is 2.33 bits per heavy atom. The maximum absolute atomic E-state index is 12.0. The molecule has 0 bridgehead atoms. The van der Waals surface area contributed by atoms with E-state index in [2.05, 4.69) is 22.5 Å². The first kappa shape index (κ1) is 13.1. The van der Waals surface area contributed by atoms with Crippen LogP contribution in [-0.4, -0.2) is 24.5 Å². The number of hydrogen-bond acceptors (Lipinski definition) is 5. The summed E-state index contributed by atoms with van der Waals surface area (Å²) in [4.78, 5) is 16.6. The highest BCUT2D eigenvalue weighted by Gasteiger charge is 2.23. The van der Waals surface area contributed by atoms with Crippen LogP contribution in [-0.2, 0) is 0 Å². The molecule has 0 spiro atoms. The van der Waals surface area contributed by atoms with Crippen molar-refractivity contribution in [2.24, 2.45) is 11.8 Å². The molecule has 1 amide bonds. The second kappa shape index (κ2) is 5.56. The van der Waals surface area contributed by atoms with E-state index in [0.717, 1.165) is 12.5 Å². The molecule has 6 heteroatoms. The minimum absolute atomic E-state index is 0.106. The second-order valence-electron chi connectivity index (χ2n) is 4.98. The highest BCUT2D eigenvalue weighted by atomic mass is 32.1. The summed E-state index contributed by atoms with van der Waals surface area (Å²) < 4.78 is 0. The quantitative estimate of drug-likeness (QED) is 0.779. The molecule has 4 N–H and O–H groups in total. The van der Waals surface area contributed by atoms with Crippen molar-refractivity contribution in [3.05, 3.63) is 4.88 Å². The minimum Gasteiger partial charge on any atom is -0.382 e. The molecular formula is C12H20N4OS. The van der Waals surface area contributed by atoms with Gasteiger partial charge in [0.05, 0.1) is 0 Å². The molecule has 1 aliphatic carbocycles. The molecule has 18 heavy (non-hydrogen) atoms. The van der Waals surface area contributed by atoms with Crippen LogP contribution in [0.3, 0.4) is 0 Å². The summed E-state index contributed by atoms with van der Waals surface area (Å²) in [7, 11) is 1.76. The fourth-order valence-electron chi connectivity index (χ4n) is 2.43. The Kier molecular flexibility index (Phi) is 4.06. The third-order valence-corrected chi connectivity index (χ3v) is 4.52. The SMILES string of the molecule is CNc1nc(N)c(C(=O)NCC2CCC(C)C2)s1. The average molecular weight is 268 g/mol. The molecule has 0 radical (unpaired) electrons. The maximum Gasteiger partial charge on any atom is 0.265 e. The third-order valence-electron chi connectivity index (χ3n) is 3.43. The number of rotatable bonds is 4. The van der Waals surface area contributed by atoms with Crippen LogP contribution in [0.4, 0.5) is 10.9 Å². The molecule has 0 saturated heterocycles. The van der Waals surface area contributed by atoms with Crippen LogP contribution in [0.15, 0.2) is 0 Å². The molecule has 2 atom stereocenters. The third kappa shape index (κ3) is 2.93. The van der Waals surface area contributed by atoms with Crippen molar-refractivity contribution < 1.29 is 4.79 Å². The van der Waals surface area contributed by atoms with Crippen molar-refractivity contribution >= 4 is 28.2 Å². The van der Waals surface area contributed by atoms with Gasteiger partial charge in [0.2, 0.25) is 0 Å². The number of thiazole rings is 1. The molecule has 100 valence electrons. The zero-order valence-electron chi connectivity index (χ0n) is 10.8. The molecule has 5 nitrogen and oxygen atoms in total. The summed E-state index contributed by atoms with van der Waals surface area (Å²) >= 11 is 1.29. The number of anilines is 2. The van der Waals surface area contributed by atoms with Crippen LogP contribution in [0.1, 0.15) is 35.9 Å². The summed E-state index contributed by atoms with van der Waals surface area (Å²) in [5.74, 6) is 1.60. The summed E-state index contributed by atoms with van der Waals surface area (Å²) in [5, 5.41) is 6.53. The largest absolute Gasteiger partial charge is 0.382 e. The van der Waals surface area contributed by atoms with E-state index in [1.165, 1.54) is 30.6 Å². The van der Waals surface area contributed by atoms with Gasteiger partial charge in [0.25, 0.3) is 5.91 Å². The van der Waals surface area contributed by atoms with E-state index in [-0.39, 0.29) is 5.91 Å². The normalized spacial score (nSPS) is 23.0. The maximum atomic E-state index is 12.0. The van der Waals surface area contributed by atoms with Gasteiger partial charge in [0.1, 0.15) is 10.7 Å². The first-order valence-electron chi connectivity index (χ1n) is 6.32. The Morgan fingerprint density at radius 1 is 1.56 bits per heavy atom. The highest BCUT2D eigenvalue weighted by Crippen LogP contribution is 2.30.